The molecule has 0 saturated heterocycles. The summed E-state index contributed by atoms with van der Waals surface area (Å²) >= 11 is 1.90. The molecule has 0 aliphatic carbocycles. The molecule has 0 aliphatic heterocycles. The summed E-state index contributed by atoms with van der Waals surface area (Å²) < 4.78 is 0. The van der Waals surface area contributed by atoms with Gasteiger partial charge >= 0.3 is 0 Å². The zero-order valence-corrected chi connectivity index (χ0v) is 17.3. The first-order valence-electron chi connectivity index (χ1n) is 10.0. The summed E-state index contributed by atoms with van der Waals surface area (Å²) in [5, 5.41) is 0. The number of hydrogen-bond acceptors (Lipinski definition) is 2. The normalized spacial score (nSPS) is 11.5. The Kier molecular flexibility index (Phi) is 8.84. The largest absolute Gasteiger partial charge is 0.299 e. The van der Waals surface area contributed by atoms with Crippen LogP contribution in [0.25, 0.3) is 16.5 Å². The van der Waals surface area contributed by atoms with E-state index in [9.17, 15) is 4.79 Å². The van der Waals surface area contributed by atoms with E-state index < -0.39 is 0 Å². The Hall–Kier alpha value is -1.67. The summed E-state index contributed by atoms with van der Waals surface area (Å²) in [7, 11) is 0. The van der Waals surface area contributed by atoms with Gasteiger partial charge in [0.25, 0.3) is 0 Å². The number of benzene rings is 1. The molecule has 140 valence electrons. The van der Waals surface area contributed by atoms with Crippen LogP contribution >= 0.6 is 11.3 Å². The Morgan fingerprint density at radius 1 is 1.00 bits per heavy atom. The average molecular weight is 369 g/mol. The van der Waals surface area contributed by atoms with E-state index in [1.807, 2.05) is 17.4 Å². The molecule has 0 bridgehead atoms. The molecule has 2 heteroatoms. The molecule has 1 aromatic carbocycles. The first kappa shape index (κ1) is 20.6. The van der Waals surface area contributed by atoms with Crippen molar-refractivity contribution in [2.75, 3.05) is 0 Å². The lowest BCUT2D eigenvalue weighted by atomic mass is 9.95. The average Bonchev–Trinajstić information content (AvgIpc) is 3.02. The minimum atomic E-state index is 0.465. The number of aldehydes is 1. The van der Waals surface area contributed by atoms with E-state index in [4.69, 9.17) is 0 Å². The number of allylic oxidation sites excluding steroid dienone is 1. The van der Waals surface area contributed by atoms with Gasteiger partial charge in [-0.25, -0.2) is 0 Å². The molecule has 0 saturated carbocycles. The fourth-order valence-corrected chi connectivity index (χ4v) is 4.74. The molecule has 1 aromatic heterocycles. The van der Waals surface area contributed by atoms with E-state index in [1.54, 1.807) is 6.08 Å². The predicted molar refractivity (Wildman–Crippen MR) is 116 cm³/mol. The third kappa shape index (κ3) is 5.67. The van der Waals surface area contributed by atoms with Crippen LogP contribution < -0.4 is 0 Å². The number of carbonyl (C=O) groups excluding carboxylic acids is 1. The molecule has 0 radical (unpaired) electrons. The second-order valence-electron chi connectivity index (χ2n) is 7.22. The highest BCUT2D eigenvalue weighted by atomic mass is 32.1. The molecule has 1 heterocycles. The first-order valence-corrected chi connectivity index (χ1v) is 10.8. The fourth-order valence-electron chi connectivity index (χ4n) is 3.40. The van der Waals surface area contributed by atoms with Gasteiger partial charge in [-0.2, -0.15) is 0 Å². The second-order valence-corrected chi connectivity index (χ2v) is 8.27. The van der Waals surface area contributed by atoms with Crippen LogP contribution in [0.5, 0.6) is 0 Å². The van der Waals surface area contributed by atoms with Gasteiger partial charge in [-0.15, -0.1) is 11.3 Å². The first-order chi connectivity index (χ1) is 12.7. The van der Waals surface area contributed by atoms with Gasteiger partial charge in [-0.05, 0) is 41.5 Å². The Morgan fingerprint density at radius 2 is 1.69 bits per heavy atom. The molecule has 2 rings (SSSR count). The van der Waals surface area contributed by atoms with Crippen LogP contribution in [0.2, 0.25) is 0 Å². The predicted octanol–water partition coefficient (Wildman–Crippen LogP) is 7.65. The number of thiophene rings is 1. The minimum absolute atomic E-state index is 0.465. The highest BCUT2D eigenvalue weighted by molar-refractivity contribution is 7.16. The van der Waals surface area contributed by atoms with Crippen LogP contribution in [0, 0.1) is 0 Å². The number of hydrogen-bond donors (Lipinski definition) is 0. The van der Waals surface area contributed by atoms with E-state index in [0.717, 1.165) is 12.7 Å². The number of carbonyl (C=O) groups is 1. The van der Waals surface area contributed by atoms with Gasteiger partial charge in [0.2, 0.25) is 0 Å². The van der Waals surface area contributed by atoms with Crippen LogP contribution in [0.3, 0.4) is 0 Å². The molecular weight excluding hydrogens is 336 g/mol. The summed E-state index contributed by atoms with van der Waals surface area (Å²) in [4.78, 5) is 13.7. The third-order valence-electron chi connectivity index (χ3n) is 4.76. The van der Waals surface area contributed by atoms with Crippen LogP contribution in [-0.2, 0) is 11.2 Å². The molecule has 26 heavy (non-hydrogen) atoms. The van der Waals surface area contributed by atoms with Gasteiger partial charge in [-0.1, -0.05) is 89.3 Å². The van der Waals surface area contributed by atoms with Crippen molar-refractivity contribution in [1.29, 1.82) is 0 Å². The molecule has 0 unspecified atom stereocenters. The maximum Gasteiger partial charge on any atom is 0.142 e. The van der Waals surface area contributed by atoms with Gasteiger partial charge in [0.05, 0.1) is 0 Å². The van der Waals surface area contributed by atoms with Gasteiger partial charge < -0.3 is 0 Å². The minimum Gasteiger partial charge on any atom is -0.299 e. The molecule has 0 N–H and O–H groups in total. The molecule has 0 fully saturated rings. The van der Waals surface area contributed by atoms with Crippen molar-refractivity contribution in [1.82, 2.24) is 0 Å². The van der Waals surface area contributed by atoms with E-state index in [-0.39, 0.29) is 0 Å². The lowest BCUT2D eigenvalue weighted by Crippen LogP contribution is -1.93. The van der Waals surface area contributed by atoms with Gasteiger partial charge in [-0.3, -0.25) is 4.79 Å². The standard InChI is InChI=1S/C24H32OS/c1-4-5-6-7-8-12-16-22-21(17-13-18-25)23(19(2)3)26-24(22)20-14-10-9-11-15-20/h9-11,13-15,17-19H,4-8,12,16H2,1-3H3/b17-13+. The molecule has 0 amide bonds. The van der Waals surface area contributed by atoms with Crippen molar-refractivity contribution in [3.63, 3.8) is 0 Å². The van der Waals surface area contributed by atoms with Crippen molar-refractivity contribution in [3.8, 4) is 10.4 Å². The molecule has 1 nitrogen and oxygen atoms in total. The lowest BCUT2D eigenvalue weighted by Gasteiger charge is -2.08. The van der Waals surface area contributed by atoms with Gasteiger partial charge in [0.1, 0.15) is 6.29 Å². The maximum atomic E-state index is 10.9. The van der Waals surface area contributed by atoms with Crippen LogP contribution in [-0.4, -0.2) is 6.29 Å². The highest BCUT2D eigenvalue weighted by Crippen LogP contribution is 2.41. The molecule has 0 spiro atoms. The van der Waals surface area contributed by atoms with E-state index in [0.29, 0.717) is 5.92 Å². The zero-order valence-electron chi connectivity index (χ0n) is 16.5. The highest BCUT2D eigenvalue weighted by Gasteiger charge is 2.19. The Morgan fingerprint density at radius 3 is 2.35 bits per heavy atom. The summed E-state index contributed by atoms with van der Waals surface area (Å²) in [6.07, 6.45) is 13.5. The van der Waals surface area contributed by atoms with Crippen molar-refractivity contribution in [2.24, 2.45) is 0 Å². The zero-order chi connectivity index (χ0) is 18.8. The van der Waals surface area contributed by atoms with Crippen LogP contribution in [0.15, 0.2) is 36.4 Å². The summed E-state index contributed by atoms with van der Waals surface area (Å²) in [5.74, 6) is 0.465. The summed E-state index contributed by atoms with van der Waals surface area (Å²) in [5.41, 5.74) is 4.01. The summed E-state index contributed by atoms with van der Waals surface area (Å²) in [6, 6.07) is 10.7. The quantitative estimate of drug-likeness (QED) is 0.226. The molecule has 0 atom stereocenters. The van der Waals surface area contributed by atoms with E-state index in [1.165, 1.54) is 65.0 Å². The van der Waals surface area contributed by atoms with Crippen LogP contribution in [0.1, 0.15) is 81.2 Å². The fraction of sp³-hybridized carbons (Fsp3) is 0.458. The van der Waals surface area contributed by atoms with Crippen molar-refractivity contribution < 1.29 is 4.79 Å². The van der Waals surface area contributed by atoms with Gasteiger partial charge in [0.15, 0.2) is 0 Å². The monoisotopic (exact) mass is 368 g/mol. The molecule has 2 aromatic rings. The van der Waals surface area contributed by atoms with E-state index in [2.05, 4.69) is 51.1 Å². The Balaban J connectivity index is 2.30. The molecular formula is C24H32OS. The molecule has 0 aliphatic rings. The lowest BCUT2D eigenvalue weighted by molar-refractivity contribution is -0.104. The number of unbranched alkanes of at least 4 members (excludes halogenated alkanes) is 5. The maximum absolute atomic E-state index is 10.9. The smallest absolute Gasteiger partial charge is 0.142 e. The van der Waals surface area contributed by atoms with Gasteiger partial charge in [0, 0.05) is 9.75 Å². The SMILES string of the molecule is CCCCCCCCc1c(-c2ccccc2)sc(C(C)C)c1/C=C/C=O. The van der Waals surface area contributed by atoms with E-state index >= 15 is 0 Å². The number of rotatable bonds is 11. The summed E-state index contributed by atoms with van der Waals surface area (Å²) in [6.45, 7) is 6.75. The Labute approximate surface area is 163 Å². The Bertz CT molecular complexity index is 695. The van der Waals surface area contributed by atoms with Crippen molar-refractivity contribution in [2.45, 2.75) is 71.6 Å². The topological polar surface area (TPSA) is 17.1 Å². The van der Waals surface area contributed by atoms with Crippen molar-refractivity contribution in [3.05, 3.63) is 52.4 Å². The van der Waals surface area contributed by atoms with Crippen LogP contribution in [0.4, 0.5) is 0 Å². The van der Waals surface area contributed by atoms with Crippen molar-refractivity contribution >= 4 is 23.7 Å². The third-order valence-corrected chi connectivity index (χ3v) is 6.36. The second kappa shape index (κ2) is 11.1.